The molecule has 0 aliphatic carbocycles. The van der Waals surface area contributed by atoms with Gasteiger partial charge in [0, 0.05) is 12.2 Å². The van der Waals surface area contributed by atoms with Crippen molar-refractivity contribution < 1.29 is 43.7 Å². The third kappa shape index (κ3) is 11.0. The fourth-order valence-corrected chi connectivity index (χ4v) is 2.92. The zero-order valence-electron chi connectivity index (χ0n) is 12.2. The zero-order valence-corrected chi connectivity index (χ0v) is 14.0. The van der Waals surface area contributed by atoms with E-state index in [1.165, 1.54) is 0 Å². The minimum atomic E-state index is -4.51. The van der Waals surface area contributed by atoms with Gasteiger partial charge >= 0.3 is 18.7 Å². The highest BCUT2D eigenvalue weighted by atomic mass is 32.7. The second kappa shape index (κ2) is 10.3. The molecule has 0 fully saturated rings. The van der Waals surface area contributed by atoms with Gasteiger partial charge in [-0.05, 0) is 17.8 Å². The van der Waals surface area contributed by atoms with Crippen LogP contribution in [0.5, 0.6) is 0 Å². The van der Waals surface area contributed by atoms with Crippen LogP contribution in [0.25, 0.3) is 0 Å². The fourth-order valence-electron chi connectivity index (χ4n) is 1.32. The first-order valence-corrected chi connectivity index (χ1v) is 9.60. The molecule has 0 aliphatic heterocycles. The first kappa shape index (κ1) is 22.3. The number of rotatable bonds is 11. The van der Waals surface area contributed by atoms with Crippen LogP contribution in [-0.4, -0.2) is 68.1 Å². The van der Waals surface area contributed by atoms with E-state index in [0.29, 0.717) is 0 Å². The number of hydrogen-bond donors (Lipinski definition) is 7. The Kier molecular flexibility index (Phi) is 9.55. The second-order valence-corrected chi connectivity index (χ2v) is 8.28. The highest BCUT2D eigenvalue weighted by molar-refractivity contribution is 8.54. The van der Waals surface area contributed by atoms with Crippen LogP contribution in [0.15, 0.2) is 0 Å². The lowest BCUT2D eigenvalue weighted by Crippen LogP contribution is -2.49. The first-order valence-electron chi connectivity index (χ1n) is 6.39. The van der Waals surface area contributed by atoms with Gasteiger partial charge in [0.1, 0.15) is 18.6 Å². The van der Waals surface area contributed by atoms with E-state index in [4.69, 9.17) is 25.7 Å². The Bertz CT molecular complexity index is 538. The summed E-state index contributed by atoms with van der Waals surface area (Å²) in [5.41, 5.74) is 5.22. The van der Waals surface area contributed by atoms with Crippen LogP contribution in [-0.2, 0) is 23.7 Å². The van der Waals surface area contributed by atoms with Crippen LogP contribution in [0.1, 0.15) is 12.8 Å². The van der Waals surface area contributed by atoms with Gasteiger partial charge in [0.15, 0.2) is 0 Å². The van der Waals surface area contributed by atoms with Gasteiger partial charge in [0.05, 0.1) is 0 Å². The Hall–Kier alpha value is -1.66. The summed E-state index contributed by atoms with van der Waals surface area (Å²) >= 11 is 0.100. The largest absolute Gasteiger partial charge is 0.480 e. The predicted molar refractivity (Wildman–Crippen MR) is 81.9 cm³/mol. The maximum Gasteiger partial charge on any atom is 0.384 e. The van der Waals surface area contributed by atoms with Crippen LogP contribution < -0.4 is 16.4 Å². The Labute approximate surface area is 140 Å². The Balaban J connectivity index is 4.70. The molecule has 2 amide bonds. The quantitative estimate of drug-likeness (QED) is 0.187. The number of amides is 2. The predicted octanol–water partition coefficient (Wildman–Crippen LogP) is -2.31. The Morgan fingerprint density at radius 3 is 2.21 bits per heavy atom. The van der Waals surface area contributed by atoms with Crippen LogP contribution >= 0.6 is 18.2 Å². The molecule has 0 aromatic carbocycles. The van der Waals surface area contributed by atoms with Crippen molar-refractivity contribution in [3.8, 4) is 0 Å². The Morgan fingerprint density at radius 2 is 1.75 bits per heavy atom. The maximum absolute atomic E-state index is 11.8. The molecule has 0 radical (unpaired) electrons. The molecule has 0 aromatic heterocycles. The Morgan fingerprint density at radius 1 is 1.17 bits per heavy atom. The molecule has 2 atom stereocenters. The van der Waals surface area contributed by atoms with Crippen molar-refractivity contribution in [1.82, 2.24) is 10.6 Å². The normalized spacial score (nSPS) is 13.6. The average Bonchev–Trinajstić information content (AvgIpc) is 2.45. The van der Waals surface area contributed by atoms with Gasteiger partial charge < -0.3 is 36.4 Å². The van der Waals surface area contributed by atoms with Crippen LogP contribution in [0, 0.1) is 0 Å². The summed E-state index contributed by atoms with van der Waals surface area (Å²) in [5, 5.41) is 21.2. The maximum atomic E-state index is 11.8. The fraction of sp³-hybridized carbons (Fsp3) is 0.600. The van der Waals surface area contributed by atoms with Gasteiger partial charge in [-0.15, -0.1) is 0 Å². The van der Waals surface area contributed by atoms with E-state index in [2.05, 4.69) is 5.32 Å². The molecule has 0 heterocycles. The lowest BCUT2D eigenvalue weighted by Gasteiger charge is -2.18. The lowest BCUT2D eigenvalue weighted by atomic mass is 10.1. The van der Waals surface area contributed by atoms with Crippen LogP contribution in [0.3, 0.4) is 0 Å². The van der Waals surface area contributed by atoms with Crippen molar-refractivity contribution in [2.75, 3.05) is 12.3 Å². The minimum absolute atomic E-state index is 0.100. The summed E-state index contributed by atoms with van der Waals surface area (Å²) in [7, 11) is 0. The molecule has 0 saturated heterocycles. The number of carbonyl (C=O) groups is 4. The molecule has 138 valence electrons. The summed E-state index contributed by atoms with van der Waals surface area (Å²) in [5.74, 6) is -4.88. The summed E-state index contributed by atoms with van der Waals surface area (Å²) < 4.78 is 10.8. The minimum Gasteiger partial charge on any atom is -0.480 e. The van der Waals surface area contributed by atoms with Crippen molar-refractivity contribution in [2.45, 2.75) is 24.9 Å². The van der Waals surface area contributed by atoms with E-state index in [9.17, 15) is 23.7 Å². The van der Waals surface area contributed by atoms with E-state index in [-0.39, 0.29) is 24.2 Å². The summed E-state index contributed by atoms with van der Waals surface area (Å²) in [6.07, 6.45) is -0.549. The monoisotopic (exact) mass is 387 g/mol. The van der Waals surface area contributed by atoms with Gasteiger partial charge in [-0.2, -0.15) is 0 Å². The molecule has 0 aliphatic rings. The number of hydrogen-bond acceptors (Lipinski definition) is 7. The summed E-state index contributed by atoms with van der Waals surface area (Å²) in [6.45, 7) is -5.25. The molecule has 0 saturated carbocycles. The SMILES string of the molecule is NC(CCC(=O)NC(CSP(=O)(O)O)C(=O)NCC(=O)O)C(=O)O. The van der Waals surface area contributed by atoms with Crippen molar-refractivity contribution in [3.63, 3.8) is 0 Å². The van der Waals surface area contributed by atoms with Crippen molar-refractivity contribution in [3.05, 3.63) is 0 Å². The molecule has 12 nitrogen and oxygen atoms in total. The van der Waals surface area contributed by atoms with Gasteiger partial charge in [-0.25, -0.2) is 4.57 Å². The summed E-state index contributed by atoms with van der Waals surface area (Å²) in [6, 6.07) is -2.69. The van der Waals surface area contributed by atoms with Crippen LogP contribution in [0.2, 0.25) is 0 Å². The third-order valence-electron chi connectivity index (χ3n) is 2.47. The van der Waals surface area contributed by atoms with Crippen molar-refractivity contribution in [2.24, 2.45) is 5.73 Å². The van der Waals surface area contributed by atoms with E-state index >= 15 is 0 Å². The molecule has 24 heavy (non-hydrogen) atoms. The number of carbonyl (C=O) groups excluding carboxylic acids is 2. The summed E-state index contributed by atoms with van der Waals surface area (Å²) in [4.78, 5) is 62.0. The van der Waals surface area contributed by atoms with E-state index in [0.717, 1.165) is 0 Å². The highest BCUT2D eigenvalue weighted by Gasteiger charge is 2.26. The number of aliphatic carboxylic acids is 2. The van der Waals surface area contributed by atoms with Crippen molar-refractivity contribution in [1.29, 1.82) is 0 Å². The smallest absolute Gasteiger partial charge is 0.384 e. The average molecular weight is 387 g/mol. The van der Waals surface area contributed by atoms with Gasteiger partial charge in [-0.1, -0.05) is 0 Å². The molecule has 0 bridgehead atoms. The molecular weight excluding hydrogens is 369 g/mol. The van der Waals surface area contributed by atoms with Crippen LogP contribution in [0.4, 0.5) is 0 Å². The lowest BCUT2D eigenvalue weighted by molar-refractivity contribution is -0.139. The van der Waals surface area contributed by atoms with Gasteiger partial charge in [-0.3, -0.25) is 19.2 Å². The topological polar surface area (TPSA) is 216 Å². The molecule has 0 spiro atoms. The molecule has 0 aromatic rings. The molecule has 8 N–H and O–H groups in total. The highest BCUT2D eigenvalue weighted by Crippen LogP contribution is 2.50. The standard InChI is InChI=1S/C10H18N3O9PS/c11-5(10(18)19)1-2-7(14)13-6(4-24-23(20,21)22)9(17)12-3-8(15)16/h5-6H,1-4,11H2,(H,12,17)(H,13,14)(H,15,16)(H,18,19)(H2,20,21,22). The van der Waals surface area contributed by atoms with Gasteiger partial charge in [0.25, 0.3) is 0 Å². The number of carboxylic acids is 2. The first-order chi connectivity index (χ1) is 10.9. The molecule has 14 heteroatoms. The van der Waals surface area contributed by atoms with E-state index in [1.807, 2.05) is 5.32 Å². The van der Waals surface area contributed by atoms with E-state index < -0.39 is 54.9 Å². The van der Waals surface area contributed by atoms with E-state index in [1.54, 1.807) is 0 Å². The molecular formula is C10H18N3O9PS. The number of nitrogens with two attached hydrogens (primary N) is 1. The van der Waals surface area contributed by atoms with Gasteiger partial charge in [0.2, 0.25) is 11.8 Å². The second-order valence-electron chi connectivity index (χ2n) is 4.50. The molecule has 2 unspecified atom stereocenters. The number of carboxylic acid groups (broad SMARTS) is 2. The number of nitrogens with one attached hydrogen (secondary N) is 2. The zero-order chi connectivity index (χ0) is 18.9. The van der Waals surface area contributed by atoms with Crippen molar-refractivity contribution >= 4 is 41.9 Å². The molecule has 0 rings (SSSR count). The third-order valence-corrected chi connectivity index (χ3v) is 4.75.